The Balaban J connectivity index is 1.39. The summed E-state index contributed by atoms with van der Waals surface area (Å²) in [7, 11) is 0. The molecule has 0 spiro atoms. The summed E-state index contributed by atoms with van der Waals surface area (Å²) < 4.78 is 1.74. The molecule has 2 aromatic carbocycles. The van der Waals surface area contributed by atoms with Crippen LogP contribution in [0, 0.1) is 0 Å². The Labute approximate surface area is 195 Å². The molecule has 168 valence electrons. The summed E-state index contributed by atoms with van der Waals surface area (Å²) in [6, 6.07) is 17.6. The van der Waals surface area contributed by atoms with Crippen molar-refractivity contribution in [1.29, 1.82) is 0 Å². The molecule has 1 saturated heterocycles. The Kier molecular flexibility index (Phi) is 4.92. The summed E-state index contributed by atoms with van der Waals surface area (Å²) >= 11 is 0. The Bertz CT molecular complexity index is 1520. The third kappa shape index (κ3) is 3.54. The number of carboxylic acids is 1. The number of pyridine rings is 1. The minimum absolute atomic E-state index is 0.00533. The van der Waals surface area contributed by atoms with Gasteiger partial charge in [0.1, 0.15) is 5.69 Å². The lowest BCUT2D eigenvalue weighted by Gasteiger charge is -2.29. The van der Waals surface area contributed by atoms with Crippen LogP contribution in [-0.4, -0.2) is 56.8 Å². The Morgan fingerprint density at radius 1 is 0.941 bits per heavy atom. The number of aromatic nitrogens is 4. The molecular formula is C26H22N6O2. The van der Waals surface area contributed by atoms with Gasteiger partial charge in [0, 0.05) is 60.8 Å². The molecule has 8 nitrogen and oxygen atoms in total. The quantitative estimate of drug-likeness (QED) is 0.431. The third-order valence-corrected chi connectivity index (χ3v) is 6.26. The summed E-state index contributed by atoms with van der Waals surface area (Å²) in [5, 5.41) is 18.3. The SMILES string of the molecule is O=C(O)c1cc(-c2cnn3cc(-c4ccc(N5CCNCC5)cc4)cnc23)c2ccccc2n1. The third-order valence-electron chi connectivity index (χ3n) is 6.26. The number of fused-ring (bicyclic) bond motifs is 2. The number of benzene rings is 2. The molecule has 5 aromatic rings. The fourth-order valence-corrected chi connectivity index (χ4v) is 4.51. The molecule has 1 aliphatic rings. The van der Waals surface area contributed by atoms with Gasteiger partial charge in [-0.25, -0.2) is 19.3 Å². The molecule has 0 saturated carbocycles. The molecule has 3 aromatic heterocycles. The number of nitrogens with one attached hydrogen (secondary N) is 1. The smallest absolute Gasteiger partial charge is 0.354 e. The summed E-state index contributed by atoms with van der Waals surface area (Å²) in [6.07, 6.45) is 5.52. The molecule has 0 amide bonds. The highest BCUT2D eigenvalue weighted by Gasteiger charge is 2.17. The zero-order valence-electron chi connectivity index (χ0n) is 18.3. The van der Waals surface area contributed by atoms with Gasteiger partial charge in [0.25, 0.3) is 0 Å². The van der Waals surface area contributed by atoms with Crippen LogP contribution in [0.3, 0.4) is 0 Å². The molecule has 4 heterocycles. The monoisotopic (exact) mass is 450 g/mol. The van der Waals surface area contributed by atoms with Crippen LogP contribution < -0.4 is 10.2 Å². The lowest BCUT2D eigenvalue weighted by Crippen LogP contribution is -2.43. The van der Waals surface area contributed by atoms with E-state index in [1.165, 1.54) is 5.69 Å². The Morgan fingerprint density at radius 2 is 1.74 bits per heavy atom. The largest absolute Gasteiger partial charge is 0.477 e. The van der Waals surface area contributed by atoms with Gasteiger partial charge in [-0.2, -0.15) is 5.10 Å². The molecule has 8 heteroatoms. The zero-order chi connectivity index (χ0) is 23.1. The van der Waals surface area contributed by atoms with E-state index in [9.17, 15) is 9.90 Å². The van der Waals surface area contributed by atoms with Crippen LogP contribution >= 0.6 is 0 Å². The van der Waals surface area contributed by atoms with Gasteiger partial charge in [0.15, 0.2) is 5.65 Å². The van der Waals surface area contributed by atoms with E-state index < -0.39 is 5.97 Å². The van der Waals surface area contributed by atoms with Crippen molar-refractivity contribution in [3.63, 3.8) is 0 Å². The predicted molar refractivity (Wildman–Crippen MR) is 131 cm³/mol. The number of anilines is 1. The van der Waals surface area contributed by atoms with Gasteiger partial charge in [-0.05, 0) is 35.4 Å². The van der Waals surface area contributed by atoms with E-state index in [1.807, 2.05) is 36.7 Å². The van der Waals surface area contributed by atoms with Gasteiger partial charge in [0.2, 0.25) is 0 Å². The molecule has 0 atom stereocenters. The molecule has 0 radical (unpaired) electrons. The van der Waals surface area contributed by atoms with Crippen molar-refractivity contribution in [2.45, 2.75) is 0 Å². The fraction of sp³-hybridized carbons (Fsp3) is 0.154. The molecule has 0 aliphatic carbocycles. The first-order valence-corrected chi connectivity index (χ1v) is 11.2. The van der Waals surface area contributed by atoms with E-state index in [4.69, 9.17) is 4.98 Å². The van der Waals surface area contributed by atoms with Gasteiger partial charge in [-0.15, -0.1) is 0 Å². The fourth-order valence-electron chi connectivity index (χ4n) is 4.51. The van der Waals surface area contributed by atoms with Crippen LogP contribution in [0.5, 0.6) is 0 Å². The van der Waals surface area contributed by atoms with Crippen molar-refractivity contribution in [3.05, 3.63) is 78.9 Å². The summed E-state index contributed by atoms with van der Waals surface area (Å²) in [6.45, 7) is 4.03. The first-order chi connectivity index (χ1) is 16.7. The second-order valence-electron chi connectivity index (χ2n) is 8.33. The highest BCUT2D eigenvalue weighted by atomic mass is 16.4. The average Bonchev–Trinajstić information content (AvgIpc) is 3.32. The molecular weight excluding hydrogens is 428 g/mol. The van der Waals surface area contributed by atoms with E-state index in [-0.39, 0.29) is 5.69 Å². The van der Waals surface area contributed by atoms with Gasteiger partial charge in [-0.3, -0.25) is 0 Å². The summed E-state index contributed by atoms with van der Waals surface area (Å²) in [5.41, 5.74) is 6.04. The number of para-hydroxylation sites is 1. The number of hydrogen-bond donors (Lipinski definition) is 2. The van der Waals surface area contributed by atoms with Gasteiger partial charge < -0.3 is 15.3 Å². The van der Waals surface area contributed by atoms with Crippen LogP contribution in [0.25, 0.3) is 38.8 Å². The van der Waals surface area contributed by atoms with Crippen LogP contribution in [0.1, 0.15) is 10.5 Å². The van der Waals surface area contributed by atoms with E-state index in [0.717, 1.165) is 53.8 Å². The second kappa shape index (κ2) is 8.24. The van der Waals surface area contributed by atoms with Crippen LogP contribution in [0.2, 0.25) is 0 Å². The first-order valence-electron chi connectivity index (χ1n) is 11.2. The van der Waals surface area contributed by atoms with Crippen molar-refractivity contribution in [1.82, 2.24) is 24.9 Å². The van der Waals surface area contributed by atoms with Crippen molar-refractivity contribution in [2.75, 3.05) is 31.1 Å². The molecule has 1 aliphatic heterocycles. The number of rotatable bonds is 4. The number of carbonyl (C=O) groups is 1. The van der Waals surface area contributed by atoms with Gasteiger partial charge >= 0.3 is 5.97 Å². The maximum absolute atomic E-state index is 11.7. The topological polar surface area (TPSA) is 95.6 Å². The Hall–Kier alpha value is -4.30. The normalized spacial score (nSPS) is 14.1. The highest BCUT2D eigenvalue weighted by Crippen LogP contribution is 2.32. The molecule has 0 unspecified atom stereocenters. The van der Waals surface area contributed by atoms with E-state index in [0.29, 0.717) is 11.2 Å². The van der Waals surface area contributed by atoms with Crippen molar-refractivity contribution < 1.29 is 9.90 Å². The average molecular weight is 451 g/mol. The predicted octanol–water partition coefficient (Wildman–Crippen LogP) is 3.72. The number of nitrogens with zero attached hydrogens (tertiary/aromatic N) is 5. The maximum atomic E-state index is 11.7. The van der Waals surface area contributed by atoms with Crippen molar-refractivity contribution in [3.8, 4) is 22.3 Å². The van der Waals surface area contributed by atoms with Gasteiger partial charge in [-0.1, -0.05) is 30.3 Å². The van der Waals surface area contributed by atoms with Gasteiger partial charge in [0.05, 0.1) is 11.7 Å². The maximum Gasteiger partial charge on any atom is 0.354 e. The number of piperazine rings is 1. The first kappa shape index (κ1) is 20.3. The van der Waals surface area contributed by atoms with Crippen LogP contribution in [-0.2, 0) is 0 Å². The van der Waals surface area contributed by atoms with E-state index in [1.54, 1.807) is 16.8 Å². The summed E-state index contributed by atoms with van der Waals surface area (Å²) in [5.74, 6) is -1.07. The number of hydrogen-bond acceptors (Lipinski definition) is 6. The van der Waals surface area contributed by atoms with Crippen LogP contribution in [0.15, 0.2) is 73.2 Å². The molecule has 1 fully saturated rings. The van der Waals surface area contributed by atoms with E-state index >= 15 is 0 Å². The molecule has 0 bridgehead atoms. The molecule has 6 rings (SSSR count). The molecule has 2 N–H and O–H groups in total. The number of aromatic carboxylic acids is 1. The van der Waals surface area contributed by atoms with Crippen molar-refractivity contribution in [2.24, 2.45) is 0 Å². The minimum Gasteiger partial charge on any atom is -0.477 e. The standard InChI is InChI=1S/C26H22N6O2/c33-26(34)24-13-21(20-3-1-2-4-23(20)30-24)22-15-29-32-16-18(14-28-25(22)32)17-5-7-19(8-6-17)31-11-9-27-10-12-31/h1-8,13-16,27H,9-12H2,(H,33,34). The van der Waals surface area contributed by atoms with E-state index in [2.05, 4.69) is 44.6 Å². The van der Waals surface area contributed by atoms with Crippen molar-refractivity contribution >= 4 is 28.2 Å². The lowest BCUT2D eigenvalue weighted by atomic mass is 10.0. The zero-order valence-corrected chi connectivity index (χ0v) is 18.3. The highest BCUT2D eigenvalue weighted by molar-refractivity contribution is 6.01. The second-order valence-corrected chi connectivity index (χ2v) is 8.33. The number of carboxylic acid groups (broad SMARTS) is 1. The minimum atomic E-state index is -1.07. The van der Waals surface area contributed by atoms with Crippen LogP contribution in [0.4, 0.5) is 5.69 Å². The molecule has 34 heavy (non-hydrogen) atoms. The lowest BCUT2D eigenvalue weighted by molar-refractivity contribution is 0.0691. The summed E-state index contributed by atoms with van der Waals surface area (Å²) in [4.78, 5) is 23.0. The Morgan fingerprint density at radius 3 is 2.53 bits per heavy atom.